The Bertz CT molecular complexity index is 1290. The SMILES string of the molecule is Cc1nn(C)cc1CNC1N=CC=C(c2csc(-c3cccc([C@]4(O)CCN(C)C4=O)c3)n2)N1. The van der Waals surface area contributed by atoms with Gasteiger partial charge in [0.15, 0.2) is 11.9 Å². The molecular formula is C24H27N7O2S. The van der Waals surface area contributed by atoms with Gasteiger partial charge in [0.05, 0.1) is 17.1 Å². The largest absolute Gasteiger partial charge is 0.375 e. The number of hydrogen-bond donors (Lipinski definition) is 3. The molecule has 1 fully saturated rings. The number of likely N-dealkylation sites (tertiary alicyclic amines) is 1. The molecule has 0 aliphatic carbocycles. The number of aliphatic hydroxyl groups is 1. The van der Waals surface area contributed by atoms with Gasteiger partial charge in [-0.2, -0.15) is 5.10 Å². The molecule has 1 unspecified atom stereocenters. The summed E-state index contributed by atoms with van der Waals surface area (Å²) in [6.45, 7) is 3.18. The lowest BCUT2D eigenvalue weighted by Gasteiger charge is -2.21. The van der Waals surface area contributed by atoms with E-state index >= 15 is 0 Å². The van der Waals surface area contributed by atoms with Gasteiger partial charge in [0, 0.05) is 62.5 Å². The van der Waals surface area contributed by atoms with Crippen LogP contribution >= 0.6 is 11.3 Å². The number of likely N-dealkylation sites (N-methyl/N-ethyl adjacent to an activating group) is 1. The molecule has 176 valence electrons. The second-order valence-corrected chi connectivity index (χ2v) is 9.53. The van der Waals surface area contributed by atoms with Crippen molar-refractivity contribution >= 4 is 29.2 Å². The van der Waals surface area contributed by atoms with Crippen LogP contribution in [0.15, 0.2) is 46.9 Å². The second-order valence-electron chi connectivity index (χ2n) is 8.68. The third-order valence-corrected chi connectivity index (χ3v) is 7.14. The molecule has 1 saturated heterocycles. The first-order valence-electron chi connectivity index (χ1n) is 11.1. The third-order valence-electron chi connectivity index (χ3n) is 6.25. The average Bonchev–Trinajstić information content (AvgIpc) is 3.53. The lowest BCUT2D eigenvalue weighted by atomic mass is 9.91. The van der Waals surface area contributed by atoms with Crippen LogP contribution in [0.5, 0.6) is 0 Å². The van der Waals surface area contributed by atoms with Crippen LogP contribution in [0.2, 0.25) is 0 Å². The fourth-order valence-corrected chi connectivity index (χ4v) is 5.11. The number of nitrogens with zero attached hydrogens (tertiary/aromatic N) is 5. The van der Waals surface area contributed by atoms with Crippen LogP contribution in [0, 0.1) is 6.92 Å². The highest BCUT2D eigenvalue weighted by Crippen LogP contribution is 2.35. The van der Waals surface area contributed by atoms with Crippen LogP contribution in [0.1, 0.15) is 28.9 Å². The highest BCUT2D eigenvalue weighted by Gasteiger charge is 2.45. The van der Waals surface area contributed by atoms with Crippen LogP contribution < -0.4 is 10.6 Å². The molecule has 3 aromatic rings. The molecule has 2 aliphatic heterocycles. The van der Waals surface area contributed by atoms with Crippen LogP contribution in [0.4, 0.5) is 0 Å². The van der Waals surface area contributed by atoms with E-state index in [9.17, 15) is 9.90 Å². The molecular weight excluding hydrogens is 450 g/mol. The van der Waals surface area contributed by atoms with Crippen molar-refractivity contribution in [2.75, 3.05) is 13.6 Å². The maximum atomic E-state index is 12.5. The number of aromatic nitrogens is 3. The van der Waals surface area contributed by atoms with E-state index in [1.165, 1.54) is 11.3 Å². The molecule has 0 bridgehead atoms. The minimum absolute atomic E-state index is 0.264. The Morgan fingerprint density at radius 2 is 2.21 bits per heavy atom. The van der Waals surface area contributed by atoms with Crippen molar-refractivity contribution in [3.05, 3.63) is 64.4 Å². The summed E-state index contributed by atoms with van der Waals surface area (Å²) in [5.74, 6) is -0.264. The van der Waals surface area contributed by atoms with Crippen molar-refractivity contribution < 1.29 is 9.90 Å². The molecule has 5 rings (SSSR count). The van der Waals surface area contributed by atoms with Gasteiger partial charge in [0.1, 0.15) is 5.01 Å². The zero-order valence-electron chi connectivity index (χ0n) is 19.3. The molecule has 0 saturated carbocycles. The van der Waals surface area contributed by atoms with E-state index < -0.39 is 5.60 Å². The Morgan fingerprint density at radius 3 is 2.94 bits per heavy atom. The van der Waals surface area contributed by atoms with Crippen LogP contribution in [-0.4, -0.2) is 56.8 Å². The summed E-state index contributed by atoms with van der Waals surface area (Å²) in [5.41, 5.74) is 3.81. The molecule has 1 aromatic carbocycles. The first-order valence-corrected chi connectivity index (χ1v) is 12.0. The van der Waals surface area contributed by atoms with Gasteiger partial charge in [-0.05, 0) is 24.6 Å². The number of allylic oxidation sites excluding steroid dienone is 1. The first kappa shape index (κ1) is 22.5. The second kappa shape index (κ2) is 8.79. The van der Waals surface area contributed by atoms with Gasteiger partial charge in [-0.1, -0.05) is 18.2 Å². The predicted molar refractivity (Wildman–Crippen MR) is 132 cm³/mol. The van der Waals surface area contributed by atoms with Gasteiger partial charge < -0.3 is 15.3 Å². The minimum atomic E-state index is -1.47. The number of aryl methyl sites for hydroxylation is 2. The molecule has 3 N–H and O–H groups in total. The molecule has 0 radical (unpaired) electrons. The van der Waals surface area contributed by atoms with E-state index in [-0.39, 0.29) is 12.2 Å². The topological polar surface area (TPSA) is 108 Å². The molecule has 4 heterocycles. The number of carbonyl (C=O) groups excluding carboxylic acids is 1. The van der Waals surface area contributed by atoms with Crippen molar-refractivity contribution in [2.24, 2.45) is 12.0 Å². The van der Waals surface area contributed by atoms with Crippen molar-refractivity contribution in [1.82, 2.24) is 30.3 Å². The smallest absolute Gasteiger partial charge is 0.258 e. The lowest BCUT2D eigenvalue weighted by molar-refractivity contribution is -0.143. The number of thiazole rings is 1. The van der Waals surface area contributed by atoms with Crippen molar-refractivity contribution in [1.29, 1.82) is 0 Å². The zero-order valence-corrected chi connectivity index (χ0v) is 20.1. The Labute approximate surface area is 201 Å². The minimum Gasteiger partial charge on any atom is -0.375 e. The summed E-state index contributed by atoms with van der Waals surface area (Å²) in [4.78, 5) is 23.3. The van der Waals surface area contributed by atoms with E-state index in [2.05, 4.69) is 20.7 Å². The molecule has 34 heavy (non-hydrogen) atoms. The Morgan fingerprint density at radius 1 is 1.35 bits per heavy atom. The van der Waals surface area contributed by atoms with Gasteiger partial charge in [-0.15, -0.1) is 11.3 Å². The van der Waals surface area contributed by atoms with Gasteiger partial charge in [0.25, 0.3) is 5.91 Å². The normalized spacial score (nSPS) is 22.2. The standard InChI is InChI=1S/C24H27N7O2S/c1-15-17(13-31(3)29-15)12-26-23-25-9-7-19(28-23)20-14-34-21(27-20)16-5-4-6-18(11-16)24(33)8-10-30(2)22(24)32/h4-7,9,11,13-14,23,26,28,33H,8,10,12H2,1-3H3/t23?,24-/m1/s1. The van der Waals surface area contributed by atoms with E-state index in [4.69, 9.17) is 4.98 Å². The summed E-state index contributed by atoms with van der Waals surface area (Å²) in [7, 11) is 3.62. The fourth-order valence-electron chi connectivity index (χ4n) is 4.29. The number of nitrogens with one attached hydrogen (secondary N) is 2. The summed E-state index contributed by atoms with van der Waals surface area (Å²) in [6, 6.07) is 7.48. The van der Waals surface area contributed by atoms with Crippen molar-refractivity contribution in [3.8, 4) is 10.6 Å². The molecule has 10 heteroatoms. The van der Waals surface area contributed by atoms with Gasteiger partial charge in [-0.25, -0.2) is 4.98 Å². The van der Waals surface area contributed by atoms with Crippen LogP contribution in [-0.2, 0) is 24.0 Å². The maximum Gasteiger partial charge on any atom is 0.258 e. The lowest BCUT2D eigenvalue weighted by Crippen LogP contribution is -2.41. The van der Waals surface area contributed by atoms with E-state index in [1.54, 1.807) is 28.9 Å². The first-order chi connectivity index (χ1) is 16.3. The van der Waals surface area contributed by atoms with Crippen molar-refractivity contribution in [3.63, 3.8) is 0 Å². The third kappa shape index (κ3) is 4.15. The van der Waals surface area contributed by atoms with Crippen LogP contribution in [0.25, 0.3) is 16.3 Å². The maximum absolute atomic E-state index is 12.5. The molecule has 2 aliphatic rings. The van der Waals surface area contributed by atoms with Crippen molar-refractivity contribution in [2.45, 2.75) is 31.8 Å². The monoisotopic (exact) mass is 477 g/mol. The Kier molecular flexibility index (Phi) is 5.80. The number of benzene rings is 1. The Hall–Kier alpha value is -3.34. The van der Waals surface area contributed by atoms with E-state index in [0.29, 0.717) is 25.1 Å². The summed E-state index contributed by atoms with van der Waals surface area (Å²) >= 11 is 1.52. The van der Waals surface area contributed by atoms with Gasteiger partial charge >= 0.3 is 0 Å². The summed E-state index contributed by atoms with van der Waals surface area (Å²) in [6.07, 6.45) is 5.79. The van der Waals surface area contributed by atoms with Gasteiger partial charge in [0.2, 0.25) is 0 Å². The fraction of sp³-hybridized carbons (Fsp3) is 0.333. The molecule has 0 spiro atoms. The zero-order chi connectivity index (χ0) is 23.9. The Balaban J connectivity index is 1.30. The number of carbonyl (C=O) groups is 1. The number of aliphatic imine (C=N–C) groups is 1. The molecule has 9 nitrogen and oxygen atoms in total. The number of amides is 1. The predicted octanol–water partition coefficient (Wildman–Crippen LogP) is 1.99. The molecule has 2 aromatic heterocycles. The number of rotatable bonds is 6. The van der Waals surface area contributed by atoms with Gasteiger partial charge in [-0.3, -0.25) is 19.8 Å². The quantitative estimate of drug-likeness (QED) is 0.501. The summed E-state index contributed by atoms with van der Waals surface area (Å²) < 4.78 is 1.81. The molecule has 1 amide bonds. The highest BCUT2D eigenvalue weighted by molar-refractivity contribution is 7.13. The van der Waals surface area contributed by atoms with Crippen LogP contribution in [0.3, 0.4) is 0 Å². The number of hydrogen-bond acceptors (Lipinski definition) is 8. The summed E-state index contributed by atoms with van der Waals surface area (Å²) in [5, 5.41) is 25.0. The molecule has 2 atom stereocenters. The highest BCUT2D eigenvalue weighted by atomic mass is 32.1. The average molecular weight is 478 g/mol. The van der Waals surface area contributed by atoms with E-state index in [0.717, 1.165) is 33.2 Å². The van der Waals surface area contributed by atoms with E-state index in [1.807, 2.05) is 49.8 Å².